The molecule has 0 aliphatic heterocycles. The van der Waals surface area contributed by atoms with Crippen LogP contribution in [0.4, 0.5) is 0 Å². The maximum atomic E-state index is 5.61. The zero-order valence-corrected chi connectivity index (χ0v) is 13.8. The van der Waals surface area contributed by atoms with Gasteiger partial charge in [-0.25, -0.2) is 4.98 Å². The highest BCUT2D eigenvalue weighted by molar-refractivity contribution is 7.13. The van der Waals surface area contributed by atoms with Gasteiger partial charge in [0.25, 0.3) is 0 Å². The van der Waals surface area contributed by atoms with E-state index in [1.807, 2.05) is 36.0 Å². The number of thiazole rings is 1. The quantitative estimate of drug-likeness (QED) is 0.754. The summed E-state index contributed by atoms with van der Waals surface area (Å²) in [5, 5.41) is 10.8. The number of aromatic nitrogens is 3. The second-order valence-corrected chi connectivity index (χ2v) is 6.31. The van der Waals surface area contributed by atoms with Crippen molar-refractivity contribution in [2.24, 2.45) is 0 Å². The van der Waals surface area contributed by atoms with E-state index in [1.54, 1.807) is 17.5 Å². The molecule has 3 rings (SSSR count). The van der Waals surface area contributed by atoms with E-state index in [9.17, 15) is 0 Å². The molecule has 0 saturated carbocycles. The SMILES string of the molecule is Cc1ccc(-c2nc(CN[C@H](C)[C@@H](C)n3cccn3)cs2)o1. The molecule has 0 saturated heterocycles. The lowest BCUT2D eigenvalue weighted by molar-refractivity contribution is 0.364. The third kappa shape index (κ3) is 3.28. The number of nitrogens with one attached hydrogen (secondary N) is 1. The summed E-state index contributed by atoms with van der Waals surface area (Å²) in [4.78, 5) is 4.63. The van der Waals surface area contributed by atoms with Crippen molar-refractivity contribution in [1.29, 1.82) is 0 Å². The van der Waals surface area contributed by atoms with Gasteiger partial charge in [0, 0.05) is 30.4 Å². The fraction of sp³-hybridized carbons (Fsp3) is 0.375. The van der Waals surface area contributed by atoms with Crippen molar-refractivity contribution in [1.82, 2.24) is 20.1 Å². The van der Waals surface area contributed by atoms with E-state index in [0.29, 0.717) is 12.1 Å². The van der Waals surface area contributed by atoms with E-state index < -0.39 is 0 Å². The van der Waals surface area contributed by atoms with Crippen molar-refractivity contribution in [2.75, 3.05) is 0 Å². The van der Waals surface area contributed by atoms with E-state index in [4.69, 9.17) is 4.42 Å². The van der Waals surface area contributed by atoms with Gasteiger partial charge in [-0.1, -0.05) is 0 Å². The first kappa shape index (κ1) is 15.0. The molecule has 0 fully saturated rings. The summed E-state index contributed by atoms with van der Waals surface area (Å²) < 4.78 is 7.58. The molecule has 0 radical (unpaired) electrons. The van der Waals surface area contributed by atoms with Crippen LogP contribution in [0.2, 0.25) is 0 Å². The molecule has 0 spiro atoms. The maximum Gasteiger partial charge on any atom is 0.162 e. The van der Waals surface area contributed by atoms with Gasteiger partial charge in [0.1, 0.15) is 5.76 Å². The molecule has 5 nitrogen and oxygen atoms in total. The number of hydrogen-bond acceptors (Lipinski definition) is 5. The van der Waals surface area contributed by atoms with Crippen LogP contribution in [0.3, 0.4) is 0 Å². The van der Waals surface area contributed by atoms with Crippen LogP contribution in [0, 0.1) is 6.92 Å². The lowest BCUT2D eigenvalue weighted by atomic mass is 10.2. The van der Waals surface area contributed by atoms with Crippen LogP contribution >= 0.6 is 11.3 Å². The zero-order chi connectivity index (χ0) is 15.5. The fourth-order valence-corrected chi connectivity index (χ4v) is 3.02. The summed E-state index contributed by atoms with van der Waals surface area (Å²) in [6, 6.07) is 6.47. The molecule has 0 aromatic carbocycles. The van der Waals surface area contributed by atoms with Crippen molar-refractivity contribution >= 4 is 11.3 Å². The molecular formula is C16H20N4OS. The summed E-state index contributed by atoms with van der Waals surface area (Å²) in [7, 11) is 0. The van der Waals surface area contributed by atoms with Crippen LogP contribution in [0.1, 0.15) is 31.3 Å². The lowest BCUT2D eigenvalue weighted by Crippen LogP contribution is -2.33. The summed E-state index contributed by atoms with van der Waals surface area (Å²) in [6.07, 6.45) is 3.80. The standard InChI is InChI=1S/C16H20N4OS/c1-11-5-6-15(21-11)16-19-14(10-22-16)9-17-12(2)13(3)20-8-4-7-18-20/h4-8,10,12-13,17H,9H2,1-3H3/t12-,13-/m1/s1. The number of aryl methyl sites for hydroxylation is 1. The Labute approximate surface area is 134 Å². The smallest absolute Gasteiger partial charge is 0.162 e. The van der Waals surface area contributed by atoms with Gasteiger partial charge in [-0.2, -0.15) is 5.10 Å². The lowest BCUT2D eigenvalue weighted by Gasteiger charge is -2.21. The first-order valence-electron chi connectivity index (χ1n) is 7.37. The second kappa shape index (κ2) is 6.46. The molecule has 3 aromatic heterocycles. The van der Waals surface area contributed by atoms with Gasteiger partial charge in [0.2, 0.25) is 0 Å². The number of furan rings is 1. The molecule has 0 aliphatic rings. The number of rotatable bonds is 6. The third-order valence-corrected chi connectivity index (χ3v) is 4.68. The van der Waals surface area contributed by atoms with E-state index in [1.165, 1.54) is 0 Å². The third-order valence-electron chi connectivity index (χ3n) is 3.77. The number of hydrogen-bond donors (Lipinski definition) is 1. The van der Waals surface area contributed by atoms with E-state index in [-0.39, 0.29) is 0 Å². The van der Waals surface area contributed by atoms with Crippen molar-refractivity contribution < 1.29 is 4.42 Å². The topological polar surface area (TPSA) is 55.9 Å². The summed E-state index contributed by atoms with van der Waals surface area (Å²) >= 11 is 1.61. The predicted octanol–water partition coefficient (Wildman–Crippen LogP) is 3.65. The maximum absolute atomic E-state index is 5.61. The molecule has 2 atom stereocenters. The monoisotopic (exact) mass is 316 g/mol. The van der Waals surface area contributed by atoms with Gasteiger partial charge >= 0.3 is 0 Å². The average Bonchev–Trinajstić information content (AvgIpc) is 3.24. The van der Waals surface area contributed by atoms with E-state index >= 15 is 0 Å². The predicted molar refractivity (Wildman–Crippen MR) is 87.8 cm³/mol. The molecule has 6 heteroatoms. The highest BCUT2D eigenvalue weighted by Gasteiger charge is 2.14. The van der Waals surface area contributed by atoms with Crippen molar-refractivity contribution in [3.63, 3.8) is 0 Å². The van der Waals surface area contributed by atoms with Crippen molar-refractivity contribution in [3.05, 3.63) is 47.4 Å². The van der Waals surface area contributed by atoms with E-state index in [2.05, 4.69) is 34.6 Å². The minimum Gasteiger partial charge on any atom is -0.459 e. The van der Waals surface area contributed by atoms with Gasteiger partial charge in [0.05, 0.1) is 11.7 Å². The molecule has 0 aliphatic carbocycles. The average molecular weight is 316 g/mol. The highest BCUT2D eigenvalue weighted by atomic mass is 32.1. The van der Waals surface area contributed by atoms with Crippen LogP contribution in [-0.4, -0.2) is 20.8 Å². The van der Waals surface area contributed by atoms with Crippen LogP contribution in [0.25, 0.3) is 10.8 Å². The van der Waals surface area contributed by atoms with Crippen LogP contribution < -0.4 is 5.32 Å². The van der Waals surface area contributed by atoms with Gasteiger partial charge < -0.3 is 9.73 Å². The Morgan fingerprint density at radius 1 is 1.36 bits per heavy atom. The van der Waals surface area contributed by atoms with E-state index in [0.717, 1.165) is 28.8 Å². The molecule has 1 N–H and O–H groups in total. The zero-order valence-electron chi connectivity index (χ0n) is 13.0. The van der Waals surface area contributed by atoms with Gasteiger partial charge in [-0.15, -0.1) is 11.3 Å². The Morgan fingerprint density at radius 3 is 2.91 bits per heavy atom. The van der Waals surface area contributed by atoms with Crippen LogP contribution in [0.5, 0.6) is 0 Å². The molecule has 0 amide bonds. The highest BCUT2D eigenvalue weighted by Crippen LogP contribution is 2.25. The largest absolute Gasteiger partial charge is 0.459 e. The molecule has 3 aromatic rings. The molecule has 0 bridgehead atoms. The minimum absolute atomic E-state index is 0.292. The van der Waals surface area contributed by atoms with Gasteiger partial charge in [-0.3, -0.25) is 4.68 Å². The Hall–Kier alpha value is -1.92. The van der Waals surface area contributed by atoms with Crippen LogP contribution in [-0.2, 0) is 6.54 Å². The normalized spacial score (nSPS) is 14.1. The Kier molecular flexibility index (Phi) is 4.40. The Bertz CT molecular complexity index is 716. The number of nitrogens with zero attached hydrogens (tertiary/aromatic N) is 3. The summed E-state index contributed by atoms with van der Waals surface area (Å²) in [6.45, 7) is 7.00. The van der Waals surface area contributed by atoms with Crippen molar-refractivity contribution in [2.45, 2.75) is 39.4 Å². The molecule has 116 valence electrons. The molecular weight excluding hydrogens is 296 g/mol. The Balaban J connectivity index is 1.59. The summed E-state index contributed by atoms with van der Waals surface area (Å²) in [5.41, 5.74) is 1.04. The van der Waals surface area contributed by atoms with Crippen LogP contribution in [0.15, 0.2) is 40.4 Å². The molecule has 0 unspecified atom stereocenters. The fourth-order valence-electron chi connectivity index (χ4n) is 2.24. The van der Waals surface area contributed by atoms with Gasteiger partial charge in [-0.05, 0) is 39.0 Å². The first-order valence-corrected chi connectivity index (χ1v) is 8.25. The first-order chi connectivity index (χ1) is 10.6. The Morgan fingerprint density at radius 2 is 2.23 bits per heavy atom. The molecule has 3 heterocycles. The van der Waals surface area contributed by atoms with Crippen molar-refractivity contribution in [3.8, 4) is 10.8 Å². The second-order valence-electron chi connectivity index (χ2n) is 5.45. The van der Waals surface area contributed by atoms with Gasteiger partial charge in [0.15, 0.2) is 10.8 Å². The minimum atomic E-state index is 0.292. The summed E-state index contributed by atoms with van der Waals surface area (Å²) in [5.74, 6) is 1.75. The molecule has 22 heavy (non-hydrogen) atoms.